The van der Waals surface area contributed by atoms with Crippen molar-refractivity contribution in [1.82, 2.24) is 0 Å². The Morgan fingerprint density at radius 1 is 1.38 bits per heavy atom. The van der Waals surface area contributed by atoms with E-state index in [2.05, 4.69) is 21.2 Å². The molecule has 1 N–H and O–H groups in total. The van der Waals surface area contributed by atoms with Crippen molar-refractivity contribution < 1.29 is 4.39 Å². The van der Waals surface area contributed by atoms with Gasteiger partial charge in [0.05, 0.1) is 6.54 Å². The van der Waals surface area contributed by atoms with Crippen molar-refractivity contribution in [3.63, 3.8) is 0 Å². The fraction of sp³-hybridized carbons (Fsp3) is 0.167. The van der Waals surface area contributed by atoms with Gasteiger partial charge in [0, 0.05) is 15.0 Å². The summed E-state index contributed by atoms with van der Waals surface area (Å²) in [5, 5.41) is 5.22. The SMILES string of the molecule is Cc1ccc(NCc2sccc2Br)cc1F. The van der Waals surface area contributed by atoms with E-state index in [1.54, 1.807) is 24.3 Å². The minimum Gasteiger partial charge on any atom is -0.380 e. The Morgan fingerprint density at radius 2 is 2.19 bits per heavy atom. The summed E-state index contributed by atoms with van der Waals surface area (Å²) in [6, 6.07) is 7.20. The van der Waals surface area contributed by atoms with Gasteiger partial charge in [0.1, 0.15) is 5.82 Å². The third-order valence-corrected chi connectivity index (χ3v) is 4.24. The van der Waals surface area contributed by atoms with Crippen LogP contribution in [-0.4, -0.2) is 0 Å². The van der Waals surface area contributed by atoms with Gasteiger partial charge in [-0.05, 0) is 52.0 Å². The molecule has 1 heterocycles. The molecule has 16 heavy (non-hydrogen) atoms. The molecule has 84 valence electrons. The molecule has 0 radical (unpaired) electrons. The minimum atomic E-state index is -0.171. The average molecular weight is 300 g/mol. The minimum absolute atomic E-state index is 0.171. The van der Waals surface area contributed by atoms with Gasteiger partial charge in [0.15, 0.2) is 0 Å². The fourth-order valence-electron chi connectivity index (χ4n) is 1.34. The molecule has 0 aliphatic heterocycles. The predicted molar refractivity (Wildman–Crippen MR) is 70.5 cm³/mol. The van der Waals surface area contributed by atoms with E-state index in [4.69, 9.17) is 0 Å². The van der Waals surface area contributed by atoms with Crippen LogP contribution in [0.2, 0.25) is 0 Å². The van der Waals surface area contributed by atoms with Crippen molar-refractivity contribution in [2.75, 3.05) is 5.32 Å². The van der Waals surface area contributed by atoms with Gasteiger partial charge < -0.3 is 5.32 Å². The lowest BCUT2D eigenvalue weighted by molar-refractivity contribution is 0.619. The van der Waals surface area contributed by atoms with Crippen LogP contribution in [0.25, 0.3) is 0 Å². The highest BCUT2D eigenvalue weighted by Gasteiger charge is 2.02. The normalized spacial score (nSPS) is 10.4. The average Bonchev–Trinajstić information content (AvgIpc) is 2.66. The standard InChI is InChI=1S/C12H11BrFNS/c1-8-2-3-9(6-11(8)14)15-7-12-10(13)4-5-16-12/h2-6,15H,7H2,1H3. The first kappa shape index (κ1) is 11.6. The third-order valence-electron chi connectivity index (χ3n) is 2.32. The quantitative estimate of drug-likeness (QED) is 0.875. The Balaban J connectivity index is 2.05. The van der Waals surface area contributed by atoms with Crippen LogP contribution in [0.1, 0.15) is 10.4 Å². The first-order chi connectivity index (χ1) is 7.66. The van der Waals surface area contributed by atoms with Gasteiger partial charge in [-0.1, -0.05) is 6.07 Å². The van der Waals surface area contributed by atoms with Crippen molar-refractivity contribution in [2.45, 2.75) is 13.5 Å². The van der Waals surface area contributed by atoms with Crippen LogP contribution in [-0.2, 0) is 6.54 Å². The van der Waals surface area contributed by atoms with Crippen molar-refractivity contribution >= 4 is 33.0 Å². The van der Waals surface area contributed by atoms with Crippen molar-refractivity contribution in [2.24, 2.45) is 0 Å². The maximum Gasteiger partial charge on any atom is 0.128 e. The number of rotatable bonds is 3. The van der Waals surface area contributed by atoms with Gasteiger partial charge >= 0.3 is 0 Å². The molecule has 4 heteroatoms. The number of nitrogens with one attached hydrogen (secondary N) is 1. The van der Waals surface area contributed by atoms with Crippen LogP contribution in [0.4, 0.5) is 10.1 Å². The van der Waals surface area contributed by atoms with E-state index in [0.717, 1.165) is 10.2 Å². The van der Waals surface area contributed by atoms with Gasteiger partial charge in [0.25, 0.3) is 0 Å². The van der Waals surface area contributed by atoms with Crippen LogP contribution in [0.5, 0.6) is 0 Å². The van der Waals surface area contributed by atoms with E-state index in [0.29, 0.717) is 12.1 Å². The Kier molecular flexibility index (Phi) is 3.61. The number of hydrogen-bond acceptors (Lipinski definition) is 2. The van der Waals surface area contributed by atoms with Crippen molar-refractivity contribution in [1.29, 1.82) is 0 Å². The van der Waals surface area contributed by atoms with Gasteiger partial charge in [-0.15, -0.1) is 11.3 Å². The number of anilines is 1. The maximum atomic E-state index is 13.3. The molecule has 0 amide bonds. The molecule has 2 rings (SSSR count). The van der Waals surface area contributed by atoms with E-state index in [-0.39, 0.29) is 5.82 Å². The molecule has 1 aromatic carbocycles. The predicted octanol–water partition coefficient (Wildman–Crippen LogP) is 4.57. The summed E-state index contributed by atoms with van der Waals surface area (Å²) in [5.41, 5.74) is 1.48. The lowest BCUT2D eigenvalue weighted by Crippen LogP contribution is -1.98. The lowest BCUT2D eigenvalue weighted by Gasteiger charge is -2.06. The summed E-state index contributed by atoms with van der Waals surface area (Å²) in [7, 11) is 0. The summed E-state index contributed by atoms with van der Waals surface area (Å²) in [4.78, 5) is 1.21. The monoisotopic (exact) mass is 299 g/mol. The molecule has 0 aliphatic rings. The van der Waals surface area contributed by atoms with Crippen molar-refractivity contribution in [3.05, 3.63) is 50.4 Å². The summed E-state index contributed by atoms with van der Waals surface area (Å²) in [5.74, 6) is -0.171. The molecule has 0 aliphatic carbocycles. The summed E-state index contributed by atoms with van der Waals surface area (Å²) >= 11 is 5.14. The van der Waals surface area contributed by atoms with Gasteiger partial charge in [-0.25, -0.2) is 4.39 Å². The van der Waals surface area contributed by atoms with Gasteiger partial charge in [0.2, 0.25) is 0 Å². The molecule has 0 saturated carbocycles. The second-order valence-electron chi connectivity index (χ2n) is 3.51. The molecule has 0 unspecified atom stereocenters. The molecule has 0 saturated heterocycles. The highest BCUT2D eigenvalue weighted by atomic mass is 79.9. The van der Waals surface area contributed by atoms with Crippen LogP contribution < -0.4 is 5.32 Å². The summed E-state index contributed by atoms with van der Waals surface area (Å²) in [6.45, 7) is 2.47. The molecule has 1 nitrogen and oxygen atoms in total. The topological polar surface area (TPSA) is 12.0 Å². The highest BCUT2D eigenvalue weighted by molar-refractivity contribution is 9.10. The zero-order valence-corrected chi connectivity index (χ0v) is 11.2. The van der Waals surface area contributed by atoms with E-state index in [9.17, 15) is 4.39 Å². The lowest BCUT2D eigenvalue weighted by atomic mass is 10.2. The largest absolute Gasteiger partial charge is 0.380 e. The smallest absolute Gasteiger partial charge is 0.128 e. The molecule has 0 atom stereocenters. The molecular weight excluding hydrogens is 289 g/mol. The first-order valence-electron chi connectivity index (χ1n) is 4.88. The summed E-state index contributed by atoms with van der Waals surface area (Å²) < 4.78 is 14.4. The van der Waals surface area contributed by atoms with E-state index >= 15 is 0 Å². The molecule has 2 aromatic rings. The number of hydrogen-bond donors (Lipinski definition) is 1. The second kappa shape index (κ2) is 4.97. The number of thiophene rings is 1. The van der Waals surface area contributed by atoms with Crippen LogP contribution in [0, 0.1) is 12.7 Å². The zero-order valence-electron chi connectivity index (χ0n) is 8.76. The molecular formula is C12H11BrFNS. The number of benzene rings is 1. The zero-order chi connectivity index (χ0) is 11.5. The van der Waals surface area contributed by atoms with E-state index in [1.807, 2.05) is 17.5 Å². The Morgan fingerprint density at radius 3 is 2.81 bits per heavy atom. The van der Waals surface area contributed by atoms with Gasteiger partial charge in [-0.3, -0.25) is 0 Å². The Hall–Kier alpha value is -0.870. The second-order valence-corrected chi connectivity index (χ2v) is 5.36. The molecule has 1 aromatic heterocycles. The summed E-state index contributed by atoms with van der Waals surface area (Å²) in [6.07, 6.45) is 0. The maximum absolute atomic E-state index is 13.3. The van der Waals surface area contributed by atoms with Gasteiger partial charge in [-0.2, -0.15) is 0 Å². The van der Waals surface area contributed by atoms with Crippen molar-refractivity contribution in [3.8, 4) is 0 Å². The first-order valence-corrected chi connectivity index (χ1v) is 6.56. The molecule has 0 fully saturated rings. The van der Waals surface area contributed by atoms with Crippen LogP contribution in [0.3, 0.4) is 0 Å². The number of halogens is 2. The third kappa shape index (κ3) is 2.62. The molecule has 0 bridgehead atoms. The van der Waals surface area contributed by atoms with E-state index in [1.165, 1.54) is 10.9 Å². The molecule has 0 spiro atoms. The van der Waals surface area contributed by atoms with Crippen LogP contribution >= 0.6 is 27.3 Å². The highest BCUT2D eigenvalue weighted by Crippen LogP contribution is 2.24. The number of aryl methyl sites for hydroxylation is 1. The van der Waals surface area contributed by atoms with Crippen LogP contribution in [0.15, 0.2) is 34.1 Å². The fourth-order valence-corrected chi connectivity index (χ4v) is 2.77. The van der Waals surface area contributed by atoms with E-state index < -0.39 is 0 Å². The Bertz CT molecular complexity index is 496. The Labute approximate surface area is 106 Å².